The van der Waals surface area contributed by atoms with E-state index in [2.05, 4.69) is 4.98 Å². The first-order valence-corrected chi connectivity index (χ1v) is 11.5. The summed E-state index contributed by atoms with van der Waals surface area (Å²) in [5.74, 6) is -1.09. The molecule has 1 fully saturated rings. The Labute approximate surface area is 185 Å². The molecular weight excluding hydrogens is 433 g/mol. The first-order valence-electron chi connectivity index (χ1n) is 10.1. The number of hydrogen-bond donors (Lipinski definition) is 1. The highest BCUT2D eigenvalue weighted by Crippen LogP contribution is 2.20. The van der Waals surface area contributed by atoms with Gasteiger partial charge in [0.25, 0.3) is 11.5 Å². The Balaban J connectivity index is 1.47. The minimum absolute atomic E-state index is 0.00263. The van der Waals surface area contributed by atoms with Gasteiger partial charge in [0.1, 0.15) is 11.4 Å². The summed E-state index contributed by atoms with van der Waals surface area (Å²) in [4.78, 5) is 29.5. The summed E-state index contributed by atoms with van der Waals surface area (Å²) in [6, 6.07) is 15.7. The molecule has 1 N–H and O–H groups in total. The molecule has 0 aliphatic carbocycles. The van der Waals surface area contributed by atoms with Crippen LogP contribution in [-0.4, -0.2) is 54.7 Å². The van der Waals surface area contributed by atoms with Crippen molar-refractivity contribution in [3.8, 4) is 11.3 Å². The van der Waals surface area contributed by atoms with Crippen LogP contribution < -0.4 is 5.56 Å². The molecule has 1 aliphatic heterocycles. The second-order valence-corrected chi connectivity index (χ2v) is 9.58. The third-order valence-corrected chi connectivity index (χ3v) is 7.32. The van der Waals surface area contributed by atoms with E-state index >= 15 is 0 Å². The molecule has 1 amide bonds. The van der Waals surface area contributed by atoms with Crippen LogP contribution in [0.5, 0.6) is 0 Å². The summed E-state index contributed by atoms with van der Waals surface area (Å²) in [5.41, 5.74) is 2.01. The predicted molar refractivity (Wildman–Crippen MR) is 118 cm³/mol. The number of hydrogen-bond acceptors (Lipinski definition) is 4. The van der Waals surface area contributed by atoms with Gasteiger partial charge in [0.05, 0.1) is 4.90 Å². The molecule has 9 heteroatoms. The van der Waals surface area contributed by atoms with Crippen molar-refractivity contribution < 1.29 is 17.6 Å². The maximum Gasteiger partial charge on any atom is 0.261 e. The second-order valence-electron chi connectivity index (χ2n) is 7.64. The number of piperazine rings is 1. The molecule has 1 aromatic heterocycles. The van der Waals surface area contributed by atoms with Crippen LogP contribution in [0.15, 0.2) is 70.4 Å². The quantitative estimate of drug-likeness (QED) is 0.655. The van der Waals surface area contributed by atoms with Crippen LogP contribution in [0.3, 0.4) is 0 Å². The number of nitrogens with one attached hydrogen (secondary N) is 1. The highest BCUT2D eigenvalue weighted by atomic mass is 32.2. The van der Waals surface area contributed by atoms with Crippen LogP contribution in [0.4, 0.5) is 4.39 Å². The Morgan fingerprint density at radius 1 is 0.969 bits per heavy atom. The normalized spacial score (nSPS) is 15.0. The number of aromatic nitrogens is 1. The van der Waals surface area contributed by atoms with Crippen LogP contribution in [0.25, 0.3) is 11.3 Å². The number of H-pyrrole nitrogens is 1. The molecule has 2 heterocycles. The number of halogens is 1. The van der Waals surface area contributed by atoms with Crippen LogP contribution in [0.1, 0.15) is 15.9 Å². The third-order valence-electron chi connectivity index (χ3n) is 5.43. The SMILES string of the molecule is Cc1cccc(-c2ccc(C(=O)N3CCN(S(=O)(=O)c4cccc(F)c4)CC3)c(=O)[nH]2)c1. The number of amides is 1. The van der Waals surface area contributed by atoms with Crippen LogP contribution in [0, 0.1) is 12.7 Å². The van der Waals surface area contributed by atoms with Crippen molar-refractivity contribution in [2.75, 3.05) is 26.2 Å². The van der Waals surface area contributed by atoms with Gasteiger partial charge in [0, 0.05) is 31.9 Å². The minimum Gasteiger partial charge on any atom is -0.336 e. The van der Waals surface area contributed by atoms with Crippen molar-refractivity contribution >= 4 is 15.9 Å². The van der Waals surface area contributed by atoms with Gasteiger partial charge in [-0.1, -0.05) is 29.8 Å². The summed E-state index contributed by atoms with van der Waals surface area (Å²) in [5, 5.41) is 0. The molecule has 32 heavy (non-hydrogen) atoms. The predicted octanol–water partition coefficient (Wildman–Crippen LogP) is 2.64. The second kappa shape index (κ2) is 8.68. The molecule has 3 aromatic rings. The number of nitrogens with zero attached hydrogens (tertiary/aromatic N) is 2. The van der Waals surface area contributed by atoms with E-state index in [1.807, 2.05) is 31.2 Å². The van der Waals surface area contributed by atoms with E-state index in [1.165, 1.54) is 33.5 Å². The number of rotatable bonds is 4. The number of carbonyl (C=O) groups is 1. The summed E-state index contributed by atoms with van der Waals surface area (Å²) in [7, 11) is -3.86. The molecule has 0 radical (unpaired) electrons. The van der Waals surface area contributed by atoms with Crippen molar-refractivity contribution in [2.24, 2.45) is 0 Å². The average Bonchev–Trinajstić information content (AvgIpc) is 2.78. The number of pyridine rings is 1. The van der Waals surface area contributed by atoms with Gasteiger partial charge in [-0.15, -0.1) is 0 Å². The molecule has 0 atom stereocenters. The fraction of sp³-hybridized carbons (Fsp3) is 0.217. The number of aromatic amines is 1. The zero-order chi connectivity index (χ0) is 22.9. The van der Waals surface area contributed by atoms with Crippen LogP contribution in [-0.2, 0) is 10.0 Å². The van der Waals surface area contributed by atoms with E-state index in [9.17, 15) is 22.4 Å². The third kappa shape index (κ3) is 4.35. The monoisotopic (exact) mass is 455 g/mol. The van der Waals surface area contributed by atoms with Gasteiger partial charge in [-0.05, 0) is 48.9 Å². The average molecular weight is 456 g/mol. The van der Waals surface area contributed by atoms with Crippen molar-refractivity contribution in [2.45, 2.75) is 11.8 Å². The lowest BCUT2D eigenvalue weighted by molar-refractivity contribution is 0.0696. The van der Waals surface area contributed by atoms with E-state index in [-0.39, 0.29) is 36.6 Å². The molecule has 166 valence electrons. The van der Waals surface area contributed by atoms with E-state index < -0.39 is 27.3 Å². The van der Waals surface area contributed by atoms with E-state index in [4.69, 9.17) is 0 Å². The van der Waals surface area contributed by atoms with Crippen molar-refractivity contribution in [3.05, 3.63) is 88.0 Å². The maximum atomic E-state index is 13.4. The fourth-order valence-corrected chi connectivity index (χ4v) is 5.16. The Morgan fingerprint density at radius 3 is 2.34 bits per heavy atom. The smallest absolute Gasteiger partial charge is 0.261 e. The van der Waals surface area contributed by atoms with Crippen molar-refractivity contribution in [3.63, 3.8) is 0 Å². The molecular formula is C23H22FN3O4S. The molecule has 0 saturated carbocycles. The Kier molecular flexibility index (Phi) is 5.94. The van der Waals surface area contributed by atoms with Gasteiger partial charge < -0.3 is 9.88 Å². The van der Waals surface area contributed by atoms with Crippen LogP contribution in [0.2, 0.25) is 0 Å². The number of aryl methyl sites for hydroxylation is 1. The van der Waals surface area contributed by atoms with E-state index in [0.717, 1.165) is 17.2 Å². The van der Waals surface area contributed by atoms with Crippen LogP contribution >= 0.6 is 0 Å². The zero-order valence-electron chi connectivity index (χ0n) is 17.4. The fourth-order valence-electron chi connectivity index (χ4n) is 3.70. The zero-order valence-corrected chi connectivity index (χ0v) is 18.2. The lowest BCUT2D eigenvalue weighted by atomic mass is 10.1. The van der Waals surface area contributed by atoms with Gasteiger partial charge in [-0.25, -0.2) is 12.8 Å². The van der Waals surface area contributed by atoms with Crippen molar-refractivity contribution in [1.29, 1.82) is 0 Å². The Bertz CT molecular complexity index is 1330. The van der Waals surface area contributed by atoms with Crippen molar-refractivity contribution in [1.82, 2.24) is 14.2 Å². The molecule has 4 rings (SSSR count). The summed E-state index contributed by atoms with van der Waals surface area (Å²) < 4.78 is 40.1. The largest absolute Gasteiger partial charge is 0.336 e. The minimum atomic E-state index is -3.86. The first kappa shape index (κ1) is 21.9. The maximum absolute atomic E-state index is 13.4. The van der Waals surface area contributed by atoms with E-state index in [0.29, 0.717) is 5.69 Å². The topological polar surface area (TPSA) is 90.6 Å². The molecule has 7 nitrogen and oxygen atoms in total. The van der Waals surface area contributed by atoms with Gasteiger partial charge in [0.15, 0.2) is 0 Å². The lowest BCUT2D eigenvalue weighted by Gasteiger charge is -2.33. The van der Waals surface area contributed by atoms with Gasteiger partial charge in [-0.2, -0.15) is 4.31 Å². The molecule has 1 saturated heterocycles. The standard InChI is InChI=1S/C23H22FN3O4S/c1-16-4-2-5-17(14-16)21-9-8-20(22(28)25-21)23(29)26-10-12-27(13-11-26)32(30,31)19-7-3-6-18(24)15-19/h2-9,14-15H,10-13H2,1H3,(H,25,28). The molecule has 0 bridgehead atoms. The molecule has 1 aliphatic rings. The molecule has 0 spiro atoms. The highest BCUT2D eigenvalue weighted by Gasteiger charge is 2.31. The summed E-state index contributed by atoms with van der Waals surface area (Å²) in [6.45, 7) is 2.33. The molecule has 2 aromatic carbocycles. The number of benzene rings is 2. The summed E-state index contributed by atoms with van der Waals surface area (Å²) >= 11 is 0. The number of carbonyl (C=O) groups excluding carboxylic acids is 1. The first-order chi connectivity index (χ1) is 15.3. The Morgan fingerprint density at radius 2 is 1.69 bits per heavy atom. The van der Waals surface area contributed by atoms with Gasteiger partial charge in [0.2, 0.25) is 10.0 Å². The van der Waals surface area contributed by atoms with Gasteiger partial charge >= 0.3 is 0 Å². The lowest BCUT2D eigenvalue weighted by Crippen LogP contribution is -2.51. The Hall–Kier alpha value is -3.30. The van der Waals surface area contributed by atoms with Gasteiger partial charge in [-0.3, -0.25) is 9.59 Å². The summed E-state index contributed by atoms with van der Waals surface area (Å²) in [6.07, 6.45) is 0. The van der Waals surface area contributed by atoms with E-state index in [1.54, 1.807) is 6.07 Å². The number of sulfonamides is 1. The highest BCUT2D eigenvalue weighted by molar-refractivity contribution is 7.89. The molecule has 0 unspecified atom stereocenters.